The molecular weight excluding hydrogens is 587 g/mol. The number of hydrogen-bond acceptors (Lipinski definition) is 2. The Kier molecular flexibility index (Phi) is 6.32. The van der Waals surface area contributed by atoms with Crippen LogP contribution in [0.4, 0.5) is 17.1 Å². The van der Waals surface area contributed by atoms with E-state index in [9.17, 15) is 0 Å². The number of thiol groups is 1. The van der Waals surface area contributed by atoms with E-state index >= 15 is 0 Å². The van der Waals surface area contributed by atoms with Crippen molar-refractivity contribution in [3.63, 3.8) is 0 Å². The fourth-order valence-electron chi connectivity index (χ4n) is 7.80. The summed E-state index contributed by atoms with van der Waals surface area (Å²) in [6.07, 6.45) is 0. The Morgan fingerprint density at radius 2 is 0.915 bits per heavy atom. The van der Waals surface area contributed by atoms with Crippen molar-refractivity contribution < 1.29 is 0 Å². The van der Waals surface area contributed by atoms with Gasteiger partial charge in [-0.25, -0.2) is 0 Å². The lowest BCUT2D eigenvalue weighted by Gasteiger charge is -2.28. The van der Waals surface area contributed by atoms with Crippen LogP contribution in [0.15, 0.2) is 163 Å². The summed E-state index contributed by atoms with van der Waals surface area (Å²) in [5.74, 6) is 0. The molecule has 224 valence electrons. The van der Waals surface area contributed by atoms with Crippen LogP contribution in [0.1, 0.15) is 25.0 Å². The van der Waals surface area contributed by atoms with Crippen LogP contribution < -0.4 is 4.90 Å². The van der Waals surface area contributed by atoms with E-state index in [4.69, 9.17) is 12.6 Å². The molecule has 9 rings (SSSR count). The Morgan fingerprint density at radius 1 is 0.404 bits per heavy atom. The molecule has 0 aliphatic heterocycles. The molecule has 0 saturated heterocycles. The van der Waals surface area contributed by atoms with Crippen LogP contribution >= 0.6 is 12.6 Å². The first-order chi connectivity index (χ1) is 23.0. The summed E-state index contributed by atoms with van der Waals surface area (Å²) in [5.41, 5.74) is 11.2. The molecule has 0 unspecified atom stereocenters. The van der Waals surface area contributed by atoms with Crippen molar-refractivity contribution >= 4 is 62.0 Å². The van der Waals surface area contributed by atoms with E-state index in [1.807, 2.05) is 0 Å². The summed E-state index contributed by atoms with van der Waals surface area (Å²) in [7, 11) is 0. The minimum Gasteiger partial charge on any atom is -0.310 e. The molecule has 0 spiro atoms. The highest BCUT2D eigenvalue weighted by atomic mass is 32.1. The maximum absolute atomic E-state index is 4.89. The Morgan fingerprint density at radius 3 is 1.57 bits per heavy atom. The lowest BCUT2D eigenvalue weighted by Crippen LogP contribution is -2.16. The Balaban J connectivity index is 1.21. The van der Waals surface area contributed by atoms with Gasteiger partial charge in [-0.05, 0) is 120 Å². The zero-order valence-electron chi connectivity index (χ0n) is 26.4. The summed E-state index contributed by atoms with van der Waals surface area (Å²) < 4.78 is 0. The summed E-state index contributed by atoms with van der Waals surface area (Å²) in [6.45, 7) is 4.75. The van der Waals surface area contributed by atoms with Crippen molar-refractivity contribution in [2.24, 2.45) is 0 Å². The minimum atomic E-state index is -0.171. The van der Waals surface area contributed by atoms with E-state index in [-0.39, 0.29) is 5.41 Å². The summed E-state index contributed by atoms with van der Waals surface area (Å²) in [4.78, 5) is 3.37. The lowest BCUT2D eigenvalue weighted by molar-refractivity contribution is 0.660. The van der Waals surface area contributed by atoms with E-state index in [0.717, 1.165) is 16.3 Å². The van der Waals surface area contributed by atoms with Crippen LogP contribution in [-0.4, -0.2) is 0 Å². The van der Waals surface area contributed by atoms with Crippen molar-refractivity contribution in [3.8, 4) is 22.3 Å². The predicted octanol–water partition coefficient (Wildman–Crippen LogP) is 12.9. The lowest BCUT2D eigenvalue weighted by atomic mass is 9.81. The van der Waals surface area contributed by atoms with Crippen LogP contribution in [-0.2, 0) is 5.41 Å². The third kappa shape index (κ3) is 4.32. The number of hydrogen-bond donors (Lipinski definition) is 1. The van der Waals surface area contributed by atoms with Crippen molar-refractivity contribution in [1.29, 1.82) is 0 Å². The average Bonchev–Trinajstić information content (AvgIpc) is 3.34. The van der Waals surface area contributed by atoms with Crippen LogP contribution in [0.25, 0.3) is 54.6 Å². The van der Waals surface area contributed by atoms with Gasteiger partial charge >= 0.3 is 0 Å². The van der Waals surface area contributed by atoms with Crippen molar-refractivity contribution in [2.75, 3.05) is 4.90 Å². The molecule has 1 nitrogen and oxygen atoms in total. The second kappa shape index (κ2) is 10.6. The van der Waals surface area contributed by atoms with Crippen LogP contribution in [0.2, 0.25) is 0 Å². The molecule has 8 aromatic rings. The average molecular weight is 620 g/mol. The number of nitrogens with zero attached hydrogens (tertiary/aromatic N) is 1. The predicted molar refractivity (Wildman–Crippen MR) is 204 cm³/mol. The van der Waals surface area contributed by atoms with Crippen molar-refractivity contribution in [1.82, 2.24) is 0 Å². The molecule has 0 heterocycles. The van der Waals surface area contributed by atoms with Crippen LogP contribution in [0, 0.1) is 0 Å². The van der Waals surface area contributed by atoms with Gasteiger partial charge in [-0.2, -0.15) is 0 Å². The first kappa shape index (κ1) is 28.0. The maximum Gasteiger partial charge on any atom is 0.0465 e. The summed E-state index contributed by atoms with van der Waals surface area (Å²) >= 11 is 4.89. The highest BCUT2D eigenvalue weighted by molar-refractivity contribution is 7.80. The van der Waals surface area contributed by atoms with Gasteiger partial charge in [0.15, 0.2) is 0 Å². The van der Waals surface area contributed by atoms with Crippen molar-refractivity contribution in [3.05, 3.63) is 169 Å². The minimum absolute atomic E-state index is 0.171. The van der Waals surface area contributed by atoms with Gasteiger partial charge in [0, 0.05) is 27.4 Å². The second-order valence-corrected chi connectivity index (χ2v) is 13.6. The number of anilines is 3. The van der Waals surface area contributed by atoms with E-state index in [1.54, 1.807) is 0 Å². The van der Waals surface area contributed by atoms with Gasteiger partial charge in [-0.15, -0.1) is 12.6 Å². The first-order valence-corrected chi connectivity index (χ1v) is 16.7. The number of para-hydroxylation sites is 2. The molecule has 2 heteroatoms. The Hall–Kier alpha value is -5.31. The van der Waals surface area contributed by atoms with E-state index in [2.05, 4.69) is 176 Å². The zero-order chi connectivity index (χ0) is 31.7. The highest BCUT2D eigenvalue weighted by Crippen LogP contribution is 2.52. The monoisotopic (exact) mass is 619 g/mol. The highest BCUT2D eigenvalue weighted by Gasteiger charge is 2.36. The van der Waals surface area contributed by atoms with Gasteiger partial charge in [-0.3, -0.25) is 0 Å². The molecule has 8 aromatic carbocycles. The molecule has 0 radical (unpaired) electrons. The second-order valence-electron chi connectivity index (χ2n) is 13.1. The summed E-state index contributed by atoms with van der Waals surface area (Å²) in [6, 6.07) is 57.5. The third-order valence-corrected chi connectivity index (χ3v) is 10.5. The first-order valence-electron chi connectivity index (χ1n) is 16.3. The number of rotatable bonds is 4. The quantitative estimate of drug-likeness (QED) is 0.151. The van der Waals surface area contributed by atoms with Crippen LogP contribution in [0.3, 0.4) is 0 Å². The van der Waals surface area contributed by atoms with Crippen molar-refractivity contribution in [2.45, 2.75) is 24.2 Å². The van der Waals surface area contributed by atoms with E-state index < -0.39 is 0 Å². The SMILES string of the molecule is CC1(C)c2cc(-c3cc4c5ccccc5c(S)cc4c4ccccc34)ccc2-c2ccc(N(c3ccccc3)c3ccccc3)cc21. The molecule has 0 fully saturated rings. The fraction of sp³-hybridized carbons (Fsp3) is 0.0667. The maximum atomic E-state index is 4.89. The third-order valence-electron chi connectivity index (χ3n) is 10.1. The molecule has 0 N–H and O–H groups in total. The zero-order valence-corrected chi connectivity index (χ0v) is 27.3. The Bertz CT molecular complexity index is 2460. The molecule has 0 bridgehead atoms. The molecule has 1 aliphatic rings. The number of fused-ring (bicyclic) bond motifs is 8. The molecule has 47 heavy (non-hydrogen) atoms. The normalized spacial score (nSPS) is 13.2. The molecule has 1 aliphatic carbocycles. The van der Waals surface area contributed by atoms with E-state index in [1.165, 1.54) is 71.4 Å². The fourth-order valence-corrected chi connectivity index (χ4v) is 8.13. The Labute approximate surface area is 281 Å². The van der Waals surface area contributed by atoms with Gasteiger partial charge in [0.1, 0.15) is 0 Å². The standard InChI is InChI=1S/C45H33NS/c1-45(2)42-25-29(39-27-40-35-19-11-12-20-38(35)44(47)28-41(40)34-18-10-9-17-33(34)39)21-23-36(42)37-24-22-32(26-43(37)45)46(30-13-5-3-6-14-30)31-15-7-4-8-16-31/h3-28,47H,1-2H3. The molecule has 0 saturated carbocycles. The van der Waals surface area contributed by atoms with Gasteiger partial charge in [0.2, 0.25) is 0 Å². The topological polar surface area (TPSA) is 3.24 Å². The van der Waals surface area contributed by atoms with Gasteiger partial charge < -0.3 is 4.90 Å². The molecular formula is C45H33NS. The smallest absolute Gasteiger partial charge is 0.0465 e. The molecule has 0 aromatic heterocycles. The molecule has 0 amide bonds. The van der Waals surface area contributed by atoms with Crippen LogP contribution in [0.5, 0.6) is 0 Å². The summed E-state index contributed by atoms with van der Waals surface area (Å²) in [5, 5.41) is 7.46. The van der Waals surface area contributed by atoms with E-state index in [0.29, 0.717) is 0 Å². The van der Waals surface area contributed by atoms with Gasteiger partial charge in [-0.1, -0.05) is 117 Å². The number of benzene rings is 8. The van der Waals surface area contributed by atoms with Gasteiger partial charge in [0.25, 0.3) is 0 Å². The van der Waals surface area contributed by atoms with Gasteiger partial charge in [0.05, 0.1) is 0 Å². The largest absolute Gasteiger partial charge is 0.310 e. The molecule has 0 atom stereocenters.